The smallest absolute Gasteiger partial charge is 0.243 e. The monoisotopic (exact) mass is 281 g/mol. The highest BCUT2D eigenvalue weighted by Gasteiger charge is 2.07. The number of benzene rings is 1. The molecule has 0 fully saturated rings. The third-order valence-corrected chi connectivity index (χ3v) is 2.45. The van der Waals surface area contributed by atoms with E-state index in [-0.39, 0.29) is 31.3 Å². The number of hydrogen-bond acceptors (Lipinski definition) is 5. The summed E-state index contributed by atoms with van der Waals surface area (Å²) in [6, 6.07) is 5.00. The van der Waals surface area contributed by atoms with Gasteiger partial charge in [-0.1, -0.05) is 0 Å². The van der Waals surface area contributed by atoms with Gasteiger partial charge in [0.05, 0.1) is 20.8 Å². The summed E-state index contributed by atoms with van der Waals surface area (Å²) in [5, 5.41) is 5.11. The van der Waals surface area contributed by atoms with E-state index < -0.39 is 0 Å². The second kappa shape index (κ2) is 8.00. The Labute approximate surface area is 117 Å². The molecule has 1 aromatic carbocycles. The van der Waals surface area contributed by atoms with Crippen molar-refractivity contribution in [1.82, 2.24) is 5.32 Å². The second-order valence-corrected chi connectivity index (χ2v) is 3.96. The van der Waals surface area contributed by atoms with Crippen LogP contribution >= 0.6 is 0 Å². The summed E-state index contributed by atoms with van der Waals surface area (Å²) >= 11 is 0. The third kappa shape index (κ3) is 5.15. The molecule has 1 rings (SSSR count). The van der Waals surface area contributed by atoms with Gasteiger partial charge in [-0.3, -0.25) is 9.59 Å². The molecule has 0 heterocycles. The molecule has 4 N–H and O–H groups in total. The summed E-state index contributed by atoms with van der Waals surface area (Å²) in [5.41, 5.74) is 5.76. The van der Waals surface area contributed by atoms with Crippen molar-refractivity contribution in [2.24, 2.45) is 5.73 Å². The van der Waals surface area contributed by atoms with Crippen LogP contribution in [0.2, 0.25) is 0 Å². The van der Waals surface area contributed by atoms with E-state index in [2.05, 4.69) is 10.6 Å². The first-order valence-electron chi connectivity index (χ1n) is 6.08. The second-order valence-electron chi connectivity index (χ2n) is 3.96. The van der Waals surface area contributed by atoms with Crippen LogP contribution in [0.25, 0.3) is 0 Å². The van der Waals surface area contributed by atoms with Crippen LogP contribution in [0.1, 0.15) is 6.42 Å². The zero-order valence-corrected chi connectivity index (χ0v) is 11.6. The molecule has 0 unspecified atom stereocenters. The van der Waals surface area contributed by atoms with Crippen LogP contribution < -0.4 is 25.8 Å². The number of methoxy groups -OCH3 is 2. The average molecular weight is 281 g/mol. The minimum absolute atomic E-state index is 0.113. The van der Waals surface area contributed by atoms with Gasteiger partial charge in [0.15, 0.2) is 0 Å². The van der Waals surface area contributed by atoms with Crippen molar-refractivity contribution >= 4 is 17.5 Å². The zero-order valence-electron chi connectivity index (χ0n) is 11.6. The normalized spacial score (nSPS) is 9.75. The molecule has 0 aliphatic heterocycles. The topological polar surface area (TPSA) is 103 Å². The van der Waals surface area contributed by atoms with Crippen molar-refractivity contribution < 1.29 is 19.1 Å². The fourth-order valence-electron chi connectivity index (χ4n) is 1.48. The van der Waals surface area contributed by atoms with Gasteiger partial charge < -0.3 is 25.8 Å². The van der Waals surface area contributed by atoms with Gasteiger partial charge in [0, 0.05) is 36.9 Å². The number of anilines is 1. The van der Waals surface area contributed by atoms with Gasteiger partial charge in [-0.15, -0.1) is 0 Å². The molecule has 0 saturated carbocycles. The highest BCUT2D eigenvalue weighted by Crippen LogP contribution is 2.25. The van der Waals surface area contributed by atoms with Crippen LogP contribution in [0.4, 0.5) is 5.69 Å². The van der Waals surface area contributed by atoms with Crippen LogP contribution in [-0.2, 0) is 9.59 Å². The Kier molecular flexibility index (Phi) is 6.31. The van der Waals surface area contributed by atoms with E-state index in [1.54, 1.807) is 18.2 Å². The number of carbonyl (C=O) groups excluding carboxylic acids is 2. The summed E-state index contributed by atoms with van der Waals surface area (Å²) in [4.78, 5) is 22.9. The Morgan fingerprint density at radius 1 is 1.10 bits per heavy atom. The van der Waals surface area contributed by atoms with E-state index in [1.165, 1.54) is 14.2 Å². The molecule has 110 valence electrons. The molecule has 0 spiro atoms. The lowest BCUT2D eigenvalue weighted by molar-refractivity contribution is -0.124. The number of nitrogens with two attached hydrogens (primary N) is 1. The van der Waals surface area contributed by atoms with Crippen LogP contribution in [-0.4, -0.2) is 39.1 Å². The minimum Gasteiger partial charge on any atom is -0.497 e. The minimum atomic E-state index is -0.342. The van der Waals surface area contributed by atoms with E-state index in [9.17, 15) is 9.59 Å². The Morgan fingerprint density at radius 2 is 1.70 bits per heavy atom. The predicted octanol–water partition coefficient (Wildman–Crippen LogP) is 0.107. The predicted molar refractivity (Wildman–Crippen MR) is 74.9 cm³/mol. The molecule has 0 atom stereocenters. The van der Waals surface area contributed by atoms with Gasteiger partial charge in [-0.2, -0.15) is 0 Å². The van der Waals surface area contributed by atoms with Crippen molar-refractivity contribution in [2.45, 2.75) is 6.42 Å². The van der Waals surface area contributed by atoms with Crippen LogP contribution in [0, 0.1) is 0 Å². The first-order chi connectivity index (χ1) is 9.58. The maximum atomic E-state index is 11.7. The van der Waals surface area contributed by atoms with Crippen LogP contribution in [0.3, 0.4) is 0 Å². The highest BCUT2D eigenvalue weighted by molar-refractivity contribution is 5.94. The van der Waals surface area contributed by atoms with E-state index in [0.717, 1.165) is 0 Å². The molecular weight excluding hydrogens is 262 g/mol. The molecule has 1 aromatic rings. The quantitative estimate of drug-likeness (QED) is 0.658. The molecule has 0 radical (unpaired) electrons. The molecule has 7 heteroatoms. The summed E-state index contributed by atoms with van der Waals surface area (Å²) in [6.45, 7) is 0.138. The van der Waals surface area contributed by atoms with Crippen molar-refractivity contribution in [2.75, 3.05) is 32.6 Å². The Bertz CT molecular complexity index is 454. The van der Waals surface area contributed by atoms with Crippen LogP contribution in [0.15, 0.2) is 18.2 Å². The fourth-order valence-corrected chi connectivity index (χ4v) is 1.48. The lowest BCUT2D eigenvalue weighted by Crippen LogP contribution is -2.33. The number of nitrogens with one attached hydrogen (secondary N) is 2. The maximum absolute atomic E-state index is 11.7. The van der Waals surface area contributed by atoms with E-state index >= 15 is 0 Å². The lowest BCUT2D eigenvalue weighted by atomic mass is 10.2. The standard InChI is InChI=1S/C13H19N3O4/c1-19-10-5-9(6-11(7-10)20-2)16-13(18)8-15-12(17)3-4-14/h5-7H,3-4,8,14H2,1-2H3,(H,15,17)(H,16,18). The largest absolute Gasteiger partial charge is 0.497 e. The van der Waals surface area contributed by atoms with Gasteiger partial charge in [0.25, 0.3) is 0 Å². The lowest BCUT2D eigenvalue weighted by Gasteiger charge is -2.10. The first-order valence-corrected chi connectivity index (χ1v) is 6.08. The molecule has 0 aliphatic carbocycles. The fraction of sp³-hybridized carbons (Fsp3) is 0.385. The molecule has 0 saturated heterocycles. The average Bonchev–Trinajstić information content (AvgIpc) is 2.45. The van der Waals surface area contributed by atoms with Crippen molar-refractivity contribution in [3.63, 3.8) is 0 Å². The first kappa shape index (κ1) is 15.8. The number of ether oxygens (including phenoxy) is 2. The number of hydrogen-bond donors (Lipinski definition) is 3. The summed E-state index contributed by atoms with van der Waals surface area (Å²) < 4.78 is 10.2. The van der Waals surface area contributed by atoms with Gasteiger partial charge >= 0.3 is 0 Å². The summed E-state index contributed by atoms with van der Waals surface area (Å²) in [5.74, 6) is 0.523. The molecule has 0 bridgehead atoms. The summed E-state index contributed by atoms with van der Waals surface area (Å²) in [6.07, 6.45) is 0.195. The van der Waals surface area contributed by atoms with E-state index in [4.69, 9.17) is 15.2 Å². The van der Waals surface area contributed by atoms with Gasteiger partial charge in [0.1, 0.15) is 11.5 Å². The molecule has 0 aromatic heterocycles. The molecule has 2 amide bonds. The SMILES string of the molecule is COc1cc(NC(=O)CNC(=O)CCN)cc(OC)c1. The van der Waals surface area contributed by atoms with Gasteiger partial charge in [-0.25, -0.2) is 0 Å². The molecule has 0 aliphatic rings. The van der Waals surface area contributed by atoms with Crippen molar-refractivity contribution in [3.8, 4) is 11.5 Å². The molecule has 20 heavy (non-hydrogen) atoms. The number of rotatable bonds is 7. The zero-order chi connectivity index (χ0) is 15.0. The number of amides is 2. The van der Waals surface area contributed by atoms with Gasteiger partial charge in [0.2, 0.25) is 11.8 Å². The van der Waals surface area contributed by atoms with E-state index in [0.29, 0.717) is 17.2 Å². The van der Waals surface area contributed by atoms with Crippen molar-refractivity contribution in [1.29, 1.82) is 0 Å². The van der Waals surface area contributed by atoms with Crippen LogP contribution in [0.5, 0.6) is 11.5 Å². The van der Waals surface area contributed by atoms with Crippen molar-refractivity contribution in [3.05, 3.63) is 18.2 Å². The van der Waals surface area contributed by atoms with E-state index in [1.807, 2.05) is 0 Å². The number of carbonyl (C=O) groups is 2. The maximum Gasteiger partial charge on any atom is 0.243 e. The molecule has 7 nitrogen and oxygen atoms in total. The Balaban J connectivity index is 2.59. The molecular formula is C13H19N3O4. The summed E-state index contributed by atoms with van der Waals surface area (Å²) in [7, 11) is 3.04. The Morgan fingerprint density at radius 3 is 2.20 bits per heavy atom. The third-order valence-electron chi connectivity index (χ3n) is 2.45. The highest BCUT2D eigenvalue weighted by atomic mass is 16.5. The Hall–Kier alpha value is -2.28. The van der Waals surface area contributed by atoms with Gasteiger partial charge in [-0.05, 0) is 0 Å².